The molecule has 0 saturated heterocycles. The highest BCUT2D eigenvalue weighted by atomic mass is 79.9. The summed E-state index contributed by atoms with van der Waals surface area (Å²) in [5, 5.41) is 8.94. The third-order valence-corrected chi connectivity index (χ3v) is 3.39. The first-order chi connectivity index (χ1) is 11.1. The van der Waals surface area contributed by atoms with Crippen LogP contribution in [-0.2, 0) is 4.79 Å². The van der Waals surface area contributed by atoms with Gasteiger partial charge in [0, 0.05) is 22.8 Å². The Morgan fingerprint density at radius 3 is 2.78 bits per heavy atom. The second kappa shape index (κ2) is 8.33. The van der Waals surface area contributed by atoms with Gasteiger partial charge in [-0.25, -0.2) is 4.79 Å². The van der Waals surface area contributed by atoms with Crippen LogP contribution in [-0.4, -0.2) is 35.1 Å². The van der Waals surface area contributed by atoms with Crippen molar-refractivity contribution in [1.29, 1.82) is 0 Å². The number of carbonyl (C=O) groups is 2. The topological polar surface area (TPSA) is 87.5 Å². The van der Waals surface area contributed by atoms with Crippen molar-refractivity contribution < 1.29 is 14.1 Å². The molecule has 3 amide bonds. The Balaban J connectivity index is 1.96. The Bertz CT molecular complexity index is 661. The van der Waals surface area contributed by atoms with E-state index in [9.17, 15) is 9.59 Å². The molecular weight excluding hydrogens is 364 g/mol. The molecule has 0 fully saturated rings. The normalized spacial score (nSPS) is 10.2. The van der Waals surface area contributed by atoms with E-state index < -0.39 is 0 Å². The minimum absolute atomic E-state index is 0.0689. The monoisotopic (exact) mass is 380 g/mol. The molecule has 23 heavy (non-hydrogen) atoms. The Morgan fingerprint density at radius 2 is 2.13 bits per heavy atom. The van der Waals surface area contributed by atoms with Crippen LogP contribution >= 0.6 is 15.9 Å². The van der Waals surface area contributed by atoms with Gasteiger partial charge >= 0.3 is 6.03 Å². The number of anilines is 2. The van der Waals surface area contributed by atoms with Crippen molar-refractivity contribution >= 4 is 39.4 Å². The molecule has 2 rings (SSSR count). The fourth-order valence-electron chi connectivity index (χ4n) is 1.92. The highest BCUT2D eigenvalue weighted by Gasteiger charge is 2.17. The Labute approximate surface area is 142 Å². The molecule has 0 saturated carbocycles. The predicted molar refractivity (Wildman–Crippen MR) is 90.2 cm³/mol. The summed E-state index contributed by atoms with van der Waals surface area (Å²) < 4.78 is 5.51. The zero-order chi connectivity index (χ0) is 16.7. The van der Waals surface area contributed by atoms with Crippen LogP contribution in [0.2, 0.25) is 0 Å². The average molecular weight is 381 g/mol. The van der Waals surface area contributed by atoms with Crippen molar-refractivity contribution in [3.63, 3.8) is 0 Å². The van der Waals surface area contributed by atoms with Crippen molar-refractivity contribution in [2.45, 2.75) is 13.3 Å². The second-order valence-corrected chi connectivity index (χ2v) is 5.71. The molecule has 0 bridgehead atoms. The zero-order valence-electron chi connectivity index (χ0n) is 12.6. The molecule has 0 aliphatic carbocycles. The number of rotatable bonds is 6. The largest absolute Gasteiger partial charge is 0.363 e. The predicted octanol–water partition coefficient (Wildman–Crippen LogP) is 3.32. The van der Waals surface area contributed by atoms with Gasteiger partial charge in [-0.1, -0.05) is 34.1 Å². The number of hydrogen-bond donors (Lipinski definition) is 2. The third kappa shape index (κ3) is 5.41. The number of nitrogens with one attached hydrogen (secondary N) is 2. The molecule has 2 N–H and O–H groups in total. The molecule has 0 radical (unpaired) electrons. The second-order valence-electron chi connectivity index (χ2n) is 4.79. The molecule has 0 spiro atoms. The van der Waals surface area contributed by atoms with Gasteiger partial charge in [-0.2, -0.15) is 0 Å². The molecule has 1 heterocycles. The standard InChI is InChI=1S/C15H17BrN4O3/c1-2-7-20(10-14(21)18-13-6-8-23-19-13)15(22)17-12-5-3-4-11(16)9-12/h3-6,8-9H,2,7,10H2,1H3,(H,17,22)(H,18,19,21). The summed E-state index contributed by atoms with van der Waals surface area (Å²) in [5.74, 6) is -0.0180. The number of nitrogens with zero attached hydrogens (tertiary/aromatic N) is 2. The molecule has 0 aliphatic rings. The van der Waals surface area contributed by atoms with Gasteiger partial charge in [0.1, 0.15) is 12.8 Å². The molecule has 7 nitrogen and oxygen atoms in total. The van der Waals surface area contributed by atoms with Crippen LogP contribution in [0, 0.1) is 0 Å². The van der Waals surface area contributed by atoms with Gasteiger partial charge in [0.05, 0.1) is 0 Å². The van der Waals surface area contributed by atoms with E-state index in [1.54, 1.807) is 12.1 Å². The van der Waals surface area contributed by atoms with Crippen molar-refractivity contribution in [1.82, 2.24) is 10.1 Å². The first kappa shape index (κ1) is 17.0. The number of urea groups is 1. The van der Waals surface area contributed by atoms with E-state index in [1.165, 1.54) is 17.2 Å². The third-order valence-electron chi connectivity index (χ3n) is 2.90. The summed E-state index contributed by atoms with van der Waals surface area (Å²) in [7, 11) is 0. The van der Waals surface area contributed by atoms with Crippen LogP contribution in [0.5, 0.6) is 0 Å². The van der Waals surface area contributed by atoms with Crippen LogP contribution in [0.3, 0.4) is 0 Å². The summed E-state index contributed by atoms with van der Waals surface area (Å²) in [4.78, 5) is 25.8. The smallest absolute Gasteiger partial charge is 0.322 e. The van der Waals surface area contributed by atoms with Gasteiger partial charge in [-0.3, -0.25) is 4.79 Å². The van der Waals surface area contributed by atoms with E-state index >= 15 is 0 Å². The van der Waals surface area contributed by atoms with Crippen LogP contribution in [0.25, 0.3) is 0 Å². The Morgan fingerprint density at radius 1 is 1.30 bits per heavy atom. The zero-order valence-corrected chi connectivity index (χ0v) is 14.2. The van der Waals surface area contributed by atoms with Gasteiger partial charge in [-0.05, 0) is 24.6 Å². The van der Waals surface area contributed by atoms with Gasteiger partial charge in [-0.15, -0.1) is 0 Å². The number of aromatic nitrogens is 1. The highest BCUT2D eigenvalue weighted by molar-refractivity contribution is 9.10. The maximum Gasteiger partial charge on any atom is 0.322 e. The minimum Gasteiger partial charge on any atom is -0.363 e. The summed E-state index contributed by atoms with van der Waals surface area (Å²) in [6.07, 6.45) is 2.10. The summed E-state index contributed by atoms with van der Waals surface area (Å²) in [6, 6.07) is 8.45. The van der Waals surface area contributed by atoms with Crippen molar-refractivity contribution in [2.75, 3.05) is 23.7 Å². The summed E-state index contributed by atoms with van der Waals surface area (Å²) in [6.45, 7) is 2.33. The highest BCUT2D eigenvalue weighted by Crippen LogP contribution is 2.16. The van der Waals surface area contributed by atoms with Crippen molar-refractivity contribution in [3.05, 3.63) is 41.1 Å². The van der Waals surface area contributed by atoms with E-state index in [0.717, 1.165) is 10.9 Å². The Hall–Kier alpha value is -2.35. The number of carbonyl (C=O) groups excluding carboxylic acids is 2. The molecular formula is C15H17BrN4O3. The lowest BCUT2D eigenvalue weighted by atomic mass is 10.3. The van der Waals surface area contributed by atoms with E-state index in [2.05, 4.69) is 36.2 Å². The lowest BCUT2D eigenvalue weighted by Crippen LogP contribution is -2.41. The van der Waals surface area contributed by atoms with Crippen LogP contribution in [0.1, 0.15) is 13.3 Å². The lowest BCUT2D eigenvalue weighted by molar-refractivity contribution is -0.116. The number of benzene rings is 1. The lowest BCUT2D eigenvalue weighted by Gasteiger charge is -2.21. The molecule has 0 atom stereocenters. The fraction of sp³-hybridized carbons (Fsp3) is 0.267. The summed E-state index contributed by atoms with van der Waals surface area (Å²) >= 11 is 3.35. The average Bonchev–Trinajstić information content (AvgIpc) is 2.99. The first-order valence-electron chi connectivity index (χ1n) is 7.10. The molecule has 0 aliphatic heterocycles. The number of halogens is 1. The van der Waals surface area contributed by atoms with Gasteiger partial charge in [0.25, 0.3) is 0 Å². The SMILES string of the molecule is CCCN(CC(=O)Nc1ccon1)C(=O)Nc1cccc(Br)c1. The fourth-order valence-corrected chi connectivity index (χ4v) is 2.32. The Kier molecular flexibility index (Phi) is 6.16. The molecule has 0 unspecified atom stereocenters. The minimum atomic E-state index is -0.336. The van der Waals surface area contributed by atoms with Gasteiger partial charge < -0.3 is 20.1 Å². The maximum atomic E-state index is 12.3. The first-order valence-corrected chi connectivity index (χ1v) is 7.89. The molecule has 122 valence electrons. The van der Waals surface area contributed by atoms with E-state index in [1.807, 2.05) is 19.1 Å². The van der Waals surface area contributed by atoms with Gasteiger partial charge in [0.15, 0.2) is 5.82 Å². The van der Waals surface area contributed by atoms with Crippen LogP contribution in [0.15, 0.2) is 45.6 Å². The number of hydrogen-bond acceptors (Lipinski definition) is 4. The molecule has 1 aromatic carbocycles. The summed E-state index contributed by atoms with van der Waals surface area (Å²) in [5.41, 5.74) is 0.655. The van der Waals surface area contributed by atoms with Gasteiger partial charge in [0.2, 0.25) is 5.91 Å². The van der Waals surface area contributed by atoms with Crippen molar-refractivity contribution in [3.8, 4) is 0 Å². The van der Waals surface area contributed by atoms with Crippen LogP contribution in [0.4, 0.5) is 16.3 Å². The van der Waals surface area contributed by atoms with E-state index in [4.69, 9.17) is 0 Å². The van der Waals surface area contributed by atoms with E-state index in [0.29, 0.717) is 18.1 Å². The maximum absolute atomic E-state index is 12.3. The molecule has 2 aromatic rings. The van der Waals surface area contributed by atoms with Crippen molar-refractivity contribution in [2.24, 2.45) is 0 Å². The number of amides is 3. The van der Waals surface area contributed by atoms with Crippen LogP contribution < -0.4 is 10.6 Å². The molecule has 1 aromatic heterocycles. The quantitative estimate of drug-likeness (QED) is 0.804. The molecule has 8 heteroatoms. The van der Waals surface area contributed by atoms with E-state index in [-0.39, 0.29) is 18.5 Å².